The number of ether oxygens (including phenoxy) is 3. The van der Waals surface area contributed by atoms with Gasteiger partial charge in [0, 0.05) is 0 Å². The van der Waals surface area contributed by atoms with Crippen molar-refractivity contribution in [2.24, 2.45) is 4.99 Å². The molecule has 2 fully saturated rings. The van der Waals surface area contributed by atoms with Crippen molar-refractivity contribution in [3.05, 3.63) is 0 Å². The number of nitrogens with zero attached hydrogens (tertiary/aromatic N) is 1. The van der Waals surface area contributed by atoms with Crippen LogP contribution in [0, 0.1) is 0 Å². The molecular weight excluding hydrogens is 258 g/mol. The lowest BCUT2D eigenvalue weighted by Crippen LogP contribution is -2.41. The van der Waals surface area contributed by atoms with Crippen molar-refractivity contribution in [3.63, 3.8) is 0 Å². The maximum Gasteiger partial charge on any atom is 0.190 e. The Morgan fingerprint density at radius 2 is 2.17 bits per heavy atom. The molecule has 5 atom stereocenters. The fourth-order valence-electron chi connectivity index (χ4n) is 2.24. The second kappa shape index (κ2) is 5.30. The molecule has 2 N–H and O–H groups in total. The van der Waals surface area contributed by atoms with Gasteiger partial charge in [-0.15, -0.1) is 0 Å². The predicted molar refractivity (Wildman–Crippen MR) is 65.2 cm³/mol. The van der Waals surface area contributed by atoms with E-state index in [1.165, 1.54) is 0 Å². The van der Waals surface area contributed by atoms with E-state index < -0.39 is 36.5 Å². The fraction of sp³-hybridized carbons (Fsp3) is 0.909. The molecule has 2 saturated heterocycles. The summed E-state index contributed by atoms with van der Waals surface area (Å²) in [6.07, 6.45) is -3.33. The first-order chi connectivity index (χ1) is 8.44. The molecule has 0 aliphatic carbocycles. The van der Waals surface area contributed by atoms with E-state index in [0.29, 0.717) is 13.0 Å². The zero-order valence-electron chi connectivity index (χ0n) is 10.3. The second-order valence-electron chi connectivity index (χ2n) is 4.89. The van der Waals surface area contributed by atoms with E-state index in [9.17, 15) is 10.2 Å². The predicted octanol–water partition coefficient (Wildman–Crippen LogP) is 0.0775. The Balaban J connectivity index is 1.92. The zero-order chi connectivity index (χ0) is 13.3. The Kier molecular flexibility index (Phi) is 4.13. The van der Waals surface area contributed by atoms with Gasteiger partial charge in [0.25, 0.3) is 0 Å². The molecule has 18 heavy (non-hydrogen) atoms. The first kappa shape index (κ1) is 14.0. The Morgan fingerprint density at radius 3 is 2.78 bits per heavy atom. The molecule has 6 nitrogen and oxygen atoms in total. The summed E-state index contributed by atoms with van der Waals surface area (Å²) in [6, 6.07) is 0. The van der Waals surface area contributed by atoms with E-state index in [1.54, 1.807) is 13.8 Å². The summed E-state index contributed by atoms with van der Waals surface area (Å²) in [7, 11) is 0. The molecule has 2 rings (SSSR count). The van der Waals surface area contributed by atoms with Gasteiger partial charge in [-0.1, -0.05) is 0 Å². The normalized spacial score (nSPS) is 39.1. The summed E-state index contributed by atoms with van der Waals surface area (Å²) in [4.78, 5) is 3.71. The van der Waals surface area contributed by atoms with Crippen LogP contribution >= 0.6 is 12.2 Å². The molecular formula is C11H17NO5S. The van der Waals surface area contributed by atoms with Gasteiger partial charge in [0.2, 0.25) is 0 Å². The number of thiocarbonyl (C=S) groups is 1. The van der Waals surface area contributed by atoms with Gasteiger partial charge < -0.3 is 24.4 Å². The van der Waals surface area contributed by atoms with Crippen molar-refractivity contribution in [1.29, 1.82) is 0 Å². The highest BCUT2D eigenvalue weighted by molar-refractivity contribution is 7.78. The summed E-state index contributed by atoms with van der Waals surface area (Å²) < 4.78 is 16.5. The van der Waals surface area contributed by atoms with Gasteiger partial charge in [0.05, 0.1) is 17.8 Å². The van der Waals surface area contributed by atoms with Crippen LogP contribution in [0.5, 0.6) is 0 Å². The van der Waals surface area contributed by atoms with Crippen LogP contribution in [-0.4, -0.2) is 58.4 Å². The molecule has 0 unspecified atom stereocenters. The standard InChI is InChI=1S/C11H17NO5S/c1-11(2)16-9-7(14)8(15-10(9)17-11)6(13)3-4-12-5-18/h6-10,13-14H,3-4H2,1-2H3/t6-,7+,8-,9-,10-/m1/s1. The molecule has 102 valence electrons. The van der Waals surface area contributed by atoms with Crippen molar-refractivity contribution in [2.45, 2.75) is 56.8 Å². The summed E-state index contributed by atoms with van der Waals surface area (Å²) in [6.45, 7) is 3.85. The van der Waals surface area contributed by atoms with Crippen LogP contribution in [0.4, 0.5) is 0 Å². The third-order valence-electron chi connectivity index (χ3n) is 3.03. The van der Waals surface area contributed by atoms with E-state index >= 15 is 0 Å². The Hall–Kier alpha value is -0.400. The fourth-order valence-corrected chi connectivity index (χ4v) is 2.33. The van der Waals surface area contributed by atoms with Gasteiger partial charge in [0.15, 0.2) is 12.1 Å². The molecule has 0 aromatic carbocycles. The maximum absolute atomic E-state index is 10.1. The lowest BCUT2D eigenvalue weighted by atomic mass is 10.0. The highest BCUT2D eigenvalue weighted by Crippen LogP contribution is 2.38. The maximum atomic E-state index is 10.1. The quantitative estimate of drug-likeness (QED) is 0.558. The molecule has 2 heterocycles. The van der Waals surface area contributed by atoms with E-state index in [2.05, 4.69) is 22.4 Å². The first-order valence-corrected chi connectivity index (χ1v) is 6.26. The second-order valence-corrected chi connectivity index (χ2v) is 5.07. The molecule has 0 amide bonds. The van der Waals surface area contributed by atoms with Crippen LogP contribution in [-0.2, 0) is 14.2 Å². The third-order valence-corrected chi connectivity index (χ3v) is 3.16. The molecule has 0 bridgehead atoms. The lowest BCUT2D eigenvalue weighted by molar-refractivity contribution is -0.225. The number of isothiocyanates is 1. The van der Waals surface area contributed by atoms with Gasteiger partial charge in [-0.25, -0.2) is 4.99 Å². The van der Waals surface area contributed by atoms with Gasteiger partial charge in [-0.3, -0.25) is 0 Å². The number of aliphatic imine (C=N–C) groups is 1. The molecule has 2 aliphatic heterocycles. The van der Waals surface area contributed by atoms with Crippen molar-refractivity contribution < 1.29 is 24.4 Å². The summed E-state index contributed by atoms with van der Waals surface area (Å²) >= 11 is 4.43. The van der Waals surface area contributed by atoms with Crippen LogP contribution in [0.25, 0.3) is 0 Å². The number of hydrogen-bond donors (Lipinski definition) is 2. The largest absolute Gasteiger partial charge is 0.390 e. The Labute approximate surface area is 111 Å². The SMILES string of the molecule is CC1(C)O[C@H]2O[C@H]([C@H](O)CCN=C=S)[C@H](O)[C@H]2O1. The minimum Gasteiger partial charge on any atom is -0.390 e. The summed E-state index contributed by atoms with van der Waals surface area (Å²) in [5.41, 5.74) is 0. The summed E-state index contributed by atoms with van der Waals surface area (Å²) in [5, 5.41) is 22.2. The lowest BCUT2D eigenvalue weighted by Gasteiger charge is -2.25. The van der Waals surface area contributed by atoms with Crippen LogP contribution in [0.3, 0.4) is 0 Å². The van der Waals surface area contributed by atoms with Gasteiger partial charge in [-0.05, 0) is 32.5 Å². The number of hydrogen-bond acceptors (Lipinski definition) is 7. The average Bonchev–Trinajstić information content (AvgIpc) is 2.74. The number of rotatable bonds is 4. The molecule has 0 spiro atoms. The minimum atomic E-state index is -0.914. The van der Waals surface area contributed by atoms with Crippen molar-refractivity contribution in [1.82, 2.24) is 0 Å². The van der Waals surface area contributed by atoms with Crippen LogP contribution in [0.15, 0.2) is 4.99 Å². The number of aliphatic hydroxyl groups excluding tert-OH is 2. The average molecular weight is 275 g/mol. The molecule has 0 aromatic heterocycles. The summed E-state index contributed by atoms with van der Waals surface area (Å²) in [5.74, 6) is -0.770. The molecule has 2 aliphatic rings. The van der Waals surface area contributed by atoms with Crippen molar-refractivity contribution in [2.75, 3.05) is 6.54 Å². The third kappa shape index (κ3) is 2.78. The van der Waals surface area contributed by atoms with Crippen molar-refractivity contribution >= 4 is 17.4 Å². The highest BCUT2D eigenvalue weighted by Gasteiger charge is 2.55. The van der Waals surface area contributed by atoms with E-state index in [1.807, 2.05) is 0 Å². The molecule has 0 saturated carbocycles. The smallest absolute Gasteiger partial charge is 0.190 e. The van der Waals surface area contributed by atoms with Gasteiger partial charge >= 0.3 is 0 Å². The van der Waals surface area contributed by atoms with Gasteiger partial charge in [-0.2, -0.15) is 0 Å². The topological polar surface area (TPSA) is 80.5 Å². The van der Waals surface area contributed by atoms with Crippen LogP contribution in [0.2, 0.25) is 0 Å². The van der Waals surface area contributed by atoms with Crippen LogP contribution in [0.1, 0.15) is 20.3 Å². The monoisotopic (exact) mass is 275 g/mol. The van der Waals surface area contributed by atoms with E-state index in [4.69, 9.17) is 14.2 Å². The highest BCUT2D eigenvalue weighted by atomic mass is 32.1. The van der Waals surface area contributed by atoms with Gasteiger partial charge in [0.1, 0.15) is 18.3 Å². The zero-order valence-corrected chi connectivity index (χ0v) is 11.1. The Morgan fingerprint density at radius 1 is 1.44 bits per heavy atom. The Bertz CT molecular complexity index is 357. The van der Waals surface area contributed by atoms with E-state index in [0.717, 1.165) is 0 Å². The molecule has 0 aromatic rings. The molecule has 0 radical (unpaired) electrons. The van der Waals surface area contributed by atoms with E-state index in [-0.39, 0.29) is 0 Å². The number of fused-ring (bicyclic) bond motifs is 1. The minimum absolute atomic E-state index is 0.341. The van der Waals surface area contributed by atoms with Crippen molar-refractivity contribution in [3.8, 4) is 0 Å². The first-order valence-electron chi connectivity index (χ1n) is 5.85. The van der Waals surface area contributed by atoms with Crippen LogP contribution < -0.4 is 0 Å². The molecule has 7 heteroatoms. The number of aliphatic hydroxyl groups is 2.